The summed E-state index contributed by atoms with van der Waals surface area (Å²) in [6.45, 7) is 18.8. The topological polar surface area (TPSA) is 107 Å². The van der Waals surface area contributed by atoms with Crippen LogP contribution in [0.5, 0.6) is 0 Å². The molecule has 3 fully saturated rings. The van der Waals surface area contributed by atoms with Crippen molar-refractivity contribution in [2.45, 2.75) is 83.6 Å². The second-order valence-corrected chi connectivity index (χ2v) is 15.2. The summed E-state index contributed by atoms with van der Waals surface area (Å²) in [5, 5.41) is 12.6. The molecule has 0 bridgehead atoms. The fraction of sp³-hybridized carbons (Fsp3) is 0.757. The minimum absolute atomic E-state index is 0.439. The van der Waals surface area contributed by atoms with E-state index in [4.69, 9.17) is 18.3 Å². The Morgan fingerprint density at radius 2 is 1.10 bits per heavy atom. The average molecular weight is 696 g/mol. The normalized spacial score (nSPS) is 25.6. The van der Waals surface area contributed by atoms with Crippen LogP contribution in [0.3, 0.4) is 0 Å². The maximum atomic E-state index is 6.10. The lowest BCUT2D eigenvalue weighted by atomic mass is 9.92. The summed E-state index contributed by atoms with van der Waals surface area (Å²) in [6, 6.07) is 7.94. The van der Waals surface area contributed by atoms with Gasteiger partial charge in [0.15, 0.2) is 0 Å². The molecule has 13 nitrogen and oxygen atoms in total. The third-order valence-corrected chi connectivity index (χ3v) is 11.1. The molecule has 0 spiro atoms. The Bertz CT molecular complexity index is 1440. The Labute approximate surface area is 298 Å². The Hall–Kier alpha value is -2.65. The average Bonchev–Trinajstić information content (AvgIpc) is 3.83. The zero-order valence-corrected chi connectivity index (χ0v) is 31.4. The van der Waals surface area contributed by atoms with Gasteiger partial charge in [0.05, 0.1) is 24.6 Å². The van der Waals surface area contributed by atoms with Crippen molar-refractivity contribution >= 4 is 0 Å². The van der Waals surface area contributed by atoms with Crippen molar-refractivity contribution < 1.29 is 18.3 Å². The van der Waals surface area contributed by atoms with Gasteiger partial charge in [-0.25, -0.2) is 0 Å². The molecule has 4 unspecified atom stereocenters. The van der Waals surface area contributed by atoms with Gasteiger partial charge in [0.1, 0.15) is 23.0 Å². The van der Waals surface area contributed by atoms with Crippen molar-refractivity contribution in [2.24, 2.45) is 0 Å². The van der Waals surface area contributed by atoms with Crippen LogP contribution in [-0.4, -0.2) is 169 Å². The fourth-order valence-corrected chi connectivity index (χ4v) is 8.37. The summed E-state index contributed by atoms with van der Waals surface area (Å²) in [5.41, 5.74) is 3.00. The van der Waals surface area contributed by atoms with Crippen molar-refractivity contribution in [2.75, 3.05) is 99.7 Å². The number of rotatable bonds is 16. The summed E-state index contributed by atoms with van der Waals surface area (Å²) < 4.78 is 22.0. The van der Waals surface area contributed by atoms with Crippen molar-refractivity contribution in [3.8, 4) is 0 Å². The zero-order valence-electron chi connectivity index (χ0n) is 31.4. The van der Waals surface area contributed by atoms with Crippen molar-refractivity contribution in [3.63, 3.8) is 0 Å². The third-order valence-electron chi connectivity index (χ3n) is 11.1. The minimum atomic E-state index is 0.439. The van der Waals surface area contributed by atoms with E-state index in [0.717, 1.165) is 138 Å². The molecule has 3 aromatic heterocycles. The van der Waals surface area contributed by atoms with E-state index >= 15 is 0 Å². The molecular weight excluding hydrogens is 634 g/mol. The molecular formula is C37H61N9O4. The maximum Gasteiger partial charge on any atom is 0.134 e. The van der Waals surface area contributed by atoms with Crippen LogP contribution in [0.25, 0.3) is 0 Å². The molecule has 3 aromatic rings. The van der Waals surface area contributed by atoms with Crippen LogP contribution in [-0.2, 0) is 24.2 Å². The molecule has 6 heterocycles. The molecule has 3 aliphatic rings. The number of unbranched alkanes of at least 4 members (excludes halogenated alkanes) is 1. The number of ether oxygens (including phenoxy) is 1. The van der Waals surface area contributed by atoms with Crippen LogP contribution in [0.15, 0.2) is 31.8 Å². The standard InChI is InChI=1S/C37H61N9O4/c1-28-20-31(38-48-28)10-7-8-12-46-26-34(35-23-41(4)15-17-45(35)18-19-47-27-33-22-30(3)50-40-33)43(6)25-37(46)36-24-42(5)14-16-44(36)13-9-11-32-21-29(2)49-39-32/h20-22,34-37H,7-19,23-27H2,1-6H3. The molecule has 0 amide bonds. The lowest BCUT2D eigenvalue weighted by Crippen LogP contribution is -2.71. The predicted octanol–water partition coefficient (Wildman–Crippen LogP) is 2.96. The van der Waals surface area contributed by atoms with Gasteiger partial charge in [0.2, 0.25) is 0 Å². The SMILES string of the molecule is Cc1cc(CCCCN2CC(C3CN(C)CCN3CCOCc3cc(C)on3)N(C)CC2C2CN(C)CCN2CCCc2cc(C)on2)no1. The lowest BCUT2D eigenvalue weighted by Gasteiger charge is -2.55. The highest BCUT2D eigenvalue weighted by molar-refractivity contribution is 5.06. The molecule has 0 radical (unpaired) electrons. The Kier molecular flexibility index (Phi) is 13.2. The second kappa shape index (κ2) is 17.7. The van der Waals surface area contributed by atoms with E-state index in [9.17, 15) is 0 Å². The van der Waals surface area contributed by atoms with E-state index in [-0.39, 0.29) is 0 Å². The van der Waals surface area contributed by atoms with Gasteiger partial charge in [-0.2, -0.15) is 0 Å². The molecule has 0 N–H and O–H groups in total. The summed E-state index contributed by atoms with van der Waals surface area (Å²) in [7, 11) is 6.95. The highest BCUT2D eigenvalue weighted by atomic mass is 16.5. The number of nitrogens with zero attached hydrogens (tertiary/aromatic N) is 9. The molecule has 0 saturated carbocycles. The molecule has 13 heteroatoms. The Morgan fingerprint density at radius 3 is 1.70 bits per heavy atom. The van der Waals surface area contributed by atoms with Gasteiger partial charge in [-0.15, -0.1) is 0 Å². The molecule has 50 heavy (non-hydrogen) atoms. The van der Waals surface area contributed by atoms with Gasteiger partial charge in [0, 0.05) is 101 Å². The number of hydrogen-bond acceptors (Lipinski definition) is 13. The van der Waals surface area contributed by atoms with Gasteiger partial charge in [-0.1, -0.05) is 15.5 Å². The van der Waals surface area contributed by atoms with Gasteiger partial charge < -0.3 is 28.1 Å². The van der Waals surface area contributed by atoms with Gasteiger partial charge in [-0.3, -0.25) is 19.6 Å². The van der Waals surface area contributed by atoms with Gasteiger partial charge in [0.25, 0.3) is 0 Å². The third kappa shape index (κ3) is 10.0. The van der Waals surface area contributed by atoms with Crippen molar-refractivity contribution in [3.05, 3.63) is 52.6 Å². The number of aromatic nitrogens is 3. The Balaban J connectivity index is 1.13. The van der Waals surface area contributed by atoms with E-state index in [0.29, 0.717) is 37.4 Å². The van der Waals surface area contributed by atoms with Crippen LogP contribution in [0.2, 0.25) is 0 Å². The lowest BCUT2D eigenvalue weighted by molar-refractivity contribution is -0.0638. The van der Waals surface area contributed by atoms with Gasteiger partial charge >= 0.3 is 0 Å². The minimum Gasteiger partial charge on any atom is -0.374 e. The van der Waals surface area contributed by atoms with E-state index < -0.39 is 0 Å². The molecule has 4 atom stereocenters. The van der Waals surface area contributed by atoms with Crippen LogP contribution in [0.4, 0.5) is 0 Å². The van der Waals surface area contributed by atoms with E-state index in [2.05, 4.69) is 78.1 Å². The number of piperazine rings is 3. The molecule has 3 saturated heterocycles. The van der Waals surface area contributed by atoms with Crippen LogP contribution in [0, 0.1) is 20.8 Å². The van der Waals surface area contributed by atoms with Crippen LogP contribution < -0.4 is 0 Å². The van der Waals surface area contributed by atoms with E-state index in [1.165, 1.54) is 0 Å². The number of aryl methyl sites for hydroxylation is 5. The monoisotopic (exact) mass is 695 g/mol. The second-order valence-electron chi connectivity index (χ2n) is 15.2. The first-order valence-corrected chi connectivity index (χ1v) is 18.9. The highest BCUT2D eigenvalue weighted by Crippen LogP contribution is 2.28. The molecule has 6 rings (SSSR count). The first-order valence-electron chi connectivity index (χ1n) is 18.9. The Morgan fingerprint density at radius 1 is 0.580 bits per heavy atom. The highest BCUT2D eigenvalue weighted by Gasteiger charge is 2.44. The zero-order chi connectivity index (χ0) is 35.0. The van der Waals surface area contributed by atoms with E-state index in [1.807, 2.05) is 26.8 Å². The summed E-state index contributed by atoms with van der Waals surface area (Å²) in [6.07, 6.45) is 5.28. The van der Waals surface area contributed by atoms with Crippen LogP contribution >= 0.6 is 0 Å². The first-order chi connectivity index (χ1) is 24.2. The molecule has 0 aliphatic carbocycles. The van der Waals surface area contributed by atoms with Gasteiger partial charge in [-0.05, 0) is 87.1 Å². The summed E-state index contributed by atoms with van der Waals surface area (Å²) in [5.74, 6) is 2.61. The molecule has 0 aromatic carbocycles. The molecule has 278 valence electrons. The van der Waals surface area contributed by atoms with Crippen molar-refractivity contribution in [1.82, 2.24) is 44.9 Å². The molecule has 3 aliphatic heterocycles. The maximum absolute atomic E-state index is 6.10. The summed E-state index contributed by atoms with van der Waals surface area (Å²) in [4.78, 5) is 16.1. The number of hydrogen-bond donors (Lipinski definition) is 0. The predicted molar refractivity (Wildman–Crippen MR) is 192 cm³/mol. The largest absolute Gasteiger partial charge is 0.374 e. The van der Waals surface area contributed by atoms with E-state index in [1.54, 1.807) is 0 Å². The van der Waals surface area contributed by atoms with Crippen molar-refractivity contribution in [1.29, 1.82) is 0 Å². The first kappa shape index (κ1) is 37.1. The quantitative estimate of drug-likeness (QED) is 0.205. The van der Waals surface area contributed by atoms with Crippen LogP contribution in [0.1, 0.15) is 53.6 Å². The summed E-state index contributed by atoms with van der Waals surface area (Å²) >= 11 is 0. The smallest absolute Gasteiger partial charge is 0.134 e. The number of likely N-dealkylation sites (N-methyl/N-ethyl adjacent to an activating group) is 3. The fourth-order valence-electron chi connectivity index (χ4n) is 8.37.